The second-order valence-corrected chi connectivity index (χ2v) is 10.4. The molecule has 0 fully saturated rings. The number of benzene rings is 6. The summed E-state index contributed by atoms with van der Waals surface area (Å²) in [7, 11) is 0. The standard InChI is InChI=1S/C37H22N2O3/c1-3-10-23(11-4-1)37-38-29-21-28-34(22-35(29)42-37)41-33-17-9-15-30(36(28)33)39(24-12-5-2-6-13-24)25-18-19-32-27(20-25)26-14-7-8-16-31(26)40-32/h1-22H. The first-order valence-corrected chi connectivity index (χ1v) is 13.9. The molecule has 0 radical (unpaired) electrons. The fourth-order valence-corrected chi connectivity index (χ4v) is 5.98. The zero-order valence-electron chi connectivity index (χ0n) is 22.3. The summed E-state index contributed by atoms with van der Waals surface area (Å²) >= 11 is 0. The normalized spacial score (nSPS) is 11.8. The number of rotatable bonds is 4. The highest BCUT2D eigenvalue weighted by molar-refractivity contribution is 6.16. The molecule has 9 rings (SSSR count). The van der Waals surface area contributed by atoms with Gasteiger partial charge in [-0.2, -0.15) is 0 Å². The van der Waals surface area contributed by atoms with Gasteiger partial charge < -0.3 is 18.2 Å². The molecule has 0 aliphatic carbocycles. The largest absolute Gasteiger partial charge is 0.456 e. The molecule has 0 amide bonds. The van der Waals surface area contributed by atoms with Gasteiger partial charge in [0.2, 0.25) is 5.89 Å². The number of hydrogen-bond donors (Lipinski definition) is 0. The summed E-state index contributed by atoms with van der Waals surface area (Å²) in [6.07, 6.45) is 0. The highest BCUT2D eigenvalue weighted by Crippen LogP contribution is 2.45. The monoisotopic (exact) mass is 542 g/mol. The van der Waals surface area contributed by atoms with Crippen LogP contribution in [0.4, 0.5) is 17.1 Å². The summed E-state index contributed by atoms with van der Waals surface area (Å²) in [5, 5.41) is 4.17. The molecule has 5 nitrogen and oxygen atoms in total. The van der Waals surface area contributed by atoms with Gasteiger partial charge in [-0.3, -0.25) is 0 Å². The van der Waals surface area contributed by atoms with Gasteiger partial charge in [0.1, 0.15) is 27.8 Å². The fraction of sp³-hybridized carbons (Fsp3) is 0. The van der Waals surface area contributed by atoms with Crippen LogP contribution in [-0.2, 0) is 0 Å². The summed E-state index contributed by atoms with van der Waals surface area (Å²) in [5.74, 6) is 0.592. The first-order valence-electron chi connectivity index (χ1n) is 13.9. The summed E-state index contributed by atoms with van der Waals surface area (Å²) in [6, 6.07) is 45.1. The molecule has 0 bridgehead atoms. The Labute approximate surface area is 239 Å². The molecule has 5 heteroatoms. The molecule has 9 aromatic rings. The predicted octanol–water partition coefficient (Wildman–Crippen LogP) is 10.8. The van der Waals surface area contributed by atoms with Crippen LogP contribution in [0.2, 0.25) is 0 Å². The molecule has 0 atom stereocenters. The van der Waals surface area contributed by atoms with Crippen LogP contribution in [0.1, 0.15) is 0 Å². The Kier molecular flexibility index (Phi) is 4.83. The molecule has 42 heavy (non-hydrogen) atoms. The van der Waals surface area contributed by atoms with Crippen molar-refractivity contribution in [3.8, 4) is 11.5 Å². The first-order chi connectivity index (χ1) is 20.8. The second kappa shape index (κ2) is 8.85. The zero-order valence-corrected chi connectivity index (χ0v) is 22.3. The highest BCUT2D eigenvalue weighted by atomic mass is 16.4. The minimum absolute atomic E-state index is 0.592. The molecule has 0 spiro atoms. The number of oxazole rings is 1. The van der Waals surface area contributed by atoms with Crippen LogP contribution in [0.5, 0.6) is 0 Å². The third-order valence-corrected chi connectivity index (χ3v) is 7.88. The van der Waals surface area contributed by atoms with Gasteiger partial charge in [-0.05, 0) is 66.7 Å². The van der Waals surface area contributed by atoms with Crippen molar-refractivity contribution >= 4 is 72.0 Å². The van der Waals surface area contributed by atoms with E-state index in [-0.39, 0.29) is 0 Å². The SMILES string of the molecule is c1ccc(-c2nc3cc4c(cc3o2)oc2cccc(N(c3ccccc3)c3ccc5oc6ccccc6c5c3)c24)cc1. The van der Waals surface area contributed by atoms with Crippen molar-refractivity contribution in [2.24, 2.45) is 0 Å². The van der Waals surface area contributed by atoms with Gasteiger partial charge in [0.15, 0.2) is 5.58 Å². The van der Waals surface area contributed by atoms with Crippen molar-refractivity contribution in [1.82, 2.24) is 4.98 Å². The van der Waals surface area contributed by atoms with E-state index in [0.717, 1.165) is 72.0 Å². The lowest BCUT2D eigenvalue weighted by atomic mass is 10.1. The van der Waals surface area contributed by atoms with E-state index in [4.69, 9.17) is 18.2 Å². The van der Waals surface area contributed by atoms with Crippen molar-refractivity contribution in [3.05, 3.63) is 133 Å². The van der Waals surface area contributed by atoms with Crippen molar-refractivity contribution in [1.29, 1.82) is 0 Å². The Morgan fingerprint density at radius 3 is 2.07 bits per heavy atom. The molecule has 0 N–H and O–H groups in total. The molecule has 3 aromatic heterocycles. The molecule has 0 saturated carbocycles. The van der Waals surface area contributed by atoms with Crippen LogP contribution in [-0.4, -0.2) is 4.98 Å². The molecule has 0 unspecified atom stereocenters. The lowest BCUT2D eigenvalue weighted by molar-refractivity contribution is 0.617. The number of fused-ring (bicyclic) bond motifs is 7. The number of anilines is 3. The third kappa shape index (κ3) is 3.47. The molecule has 0 aliphatic rings. The van der Waals surface area contributed by atoms with Crippen molar-refractivity contribution in [2.45, 2.75) is 0 Å². The Bertz CT molecular complexity index is 2420. The van der Waals surface area contributed by atoms with E-state index in [1.54, 1.807) is 0 Å². The summed E-state index contributed by atoms with van der Waals surface area (Å²) < 4.78 is 18.7. The average Bonchev–Trinajstić information content (AvgIpc) is 3.74. The van der Waals surface area contributed by atoms with Crippen molar-refractivity contribution < 1.29 is 13.3 Å². The molecule has 198 valence electrons. The molecule has 0 saturated heterocycles. The lowest BCUT2D eigenvalue weighted by Gasteiger charge is -2.26. The maximum atomic E-state index is 6.42. The Morgan fingerprint density at radius 1 is 0.452 bits per heavy atom. The second-order valence-electron chi connectivity index (χ2n) is 10.4. The Hall–Kier alpha value is -5.81. The zero-order chi connectivity index (χ0) is 27.6. The minimum Gasteiger partial charge on any atom is -0.456 e. The van der Waals surface area contributed by atoms with Crippen LogP contribution in [0.25, 0.3) is 66.4 Å². The smallest absolute Gasteiger partial charge is 0.227 e. The quantitative estimate of drug-likeness (QED) is 0.221. The first kappa shape index (κ1) is 22.9. The van der Waals surface area contributed by atoms with Crippen LogP contribution < -0.4 is 4.90 Å². The van der Waals surface area contributed by atoms with E-state index in [2.05, 4.69) is 65.6 Å². The van der Waals surface area contributed by atoms with Gasteiger partial charge in [0.05, 0.1) is 11.1 Å². The Balaban J connectivity index is 1.29. The van der Waals surface area contributed by atoms with Crippen LogP contribution in [0.3, 0.4) is 0 Å². The van der Waals surface area contributed by atoms with E-state index in [9.17, 15) is 0 Å². The number of furan rings is 2. The fourth-order valence-electron chi connectivity index (χ4n) is 5.98. The summed E-state index contributed by atoms with van der Waals surface area (Å²) in [6.45, 7) is 0. The summed E-state index contributed by atoms with van der Waals surface area (Å²) in [4.78, 5) is 7.11. The van der Waals surface area contributed by atoms with Gasteiger partial charge >= 0.3 is 0 Å². The molecular formula is C37H22N2O3. The highest BCUT2D eigenvalue weighted by Gasteiger charge is 2.21. The van der Waals surface area contributed by atoms with Crippen LogP contribution in [0.15, 0.2) is 147 Å². The van der Waals surface area contributed by atoms with E-state index in [1.807, 2.05) is 72.8 Å². The third-order valence-electron chi connectivity index (χ3n) is 7.88. The molecule has 0 aliphatic heterocycles. The number of nitrogens with zero attached hydrogens (tertiary/aromatic N) is 2. The van der Waals surface area contributed by atoms with Crippen LogP contribution in [0, 0.1) is 0 Å². The number of para-hydroxylation sites is 2. The van der Waals surface area contributed by atoms with E-state index >= 15 is 0 Å². The van der Waals surface area contributed by atoms with Gasteiger partial charge in [-0.25, -0.2) is 4.98 Å². The predicted molar refractivity (Wildman–Crippen MR) is 169 cm³/mol. The van der Waals surface area contributed by atoms with E-state index in [1.165, 1.54) is 0 Å². The van der Waals surface area contributed by atoms with Crippen LogP contribution >= 0.6 is 0 Å². The van der Waals surface area contributed by atoms with Gasteiger partial charge in [-0.15, -0.1) is 0 Å². The van der Waals surface area contributed by atoms with Gasteiger partial charge in [-0.1, -0.05) is 60.7 Å². The maximum absolute atomic E-state index is 6.42. The van der Waals surface area contributed by atoms with Gasteiger partial charge in [0.25, 0.3) is 0 Å². The topological polar surface area (TPSA) is 55.6 Å². The Morgan fingerprint density at radius 2 is 1.19 bits per heavy atom. The number of hydrogen-bond acceptors (Lipinski definition) is 5. The minimum atomic E-state index is 0.592. The molecular weight excluding hydrogens is 520 g/mol. The van der Waals surface area contributed by atoms with Crippen molar-refractivity contribution in [2.75, 3.05) is 4.90 Å². The lowest BCUT2D eigenvalue weighted by Crippen LogP contribution is -2.10. The van der Waals surface area contributed by atoms with E-state index in [0.29, 0.717) is 11.5 Å². The van der Waals surface area contributed by atoms with E-state index < -0.39 is 0 Å². The molecule has 6 aromatic carbocycles. The average molecular weight is 543 g/mol. The number of aromatic nitrogens is 1. The maximum Gasteiger partial charge on any atom is 0.227 e. The van der Waals surface area contributed by atoms with Gasteiger partial charge in [0, 0.05) is 39.2 Å². The molecule has 3 heterocycles. The summed E-state index contributed by atoms with van der Waals surface area (Å²) in [5.41, 5.74) is 8.79. The van der Waals surface area contributed by atoms with Crippen molar-refractivity contribution in [3.63, 3.8) is 0 Å².